The Balaban J connectivity index is 2.10. The molecule has 0 radical (unpaired) electrons. The van der Waals surface area contributed by atoms with Gasteiger partial charge in [0.2, 0.25) is 0 Å². The van der Waals surface area contributed by atoms with Gasteiger partial charge in [-0.05, 0) is 50.1 Å². The molecular formula is C22H25N3O2. The second kappa shape index (κ2) is 8.18. The molecule has 0 aliphatic heterocycles. The third-order valence-corrected chi connectivity index (χ3v) is 4.55. The van der Waals surface area contributed by atoms with Crippen molar-refractivity contribution < 1.29 is 9.90 Å². The fourth-order valence-electron chi connectivity index (χ4n) is 2.98. The van der Waals surface area contributed by atoms with E-state index in [1.807, 2.05) is 29.8 Å². The normalized spacial score (nSPS) is 12.0. The van der Waals surface area contributed by atoms with Gasteiger partial charge >= 0.3 is 0 Å². The first-order chi connectivity index (χ1) is 13.0. The molecular weight excluding hydrogens is 338 g/mol. The largest absolute Gasteiger partial charge is 0.394 e. The Morgan fingerprint density at radius 1 is 1.15 bits per heavy atom. The van der Waals surface area contributed by atoms with E-state index >= 15 is 0 Å². The number of aliphatic hydroxyl groups excluding tert-OH is 1. The zero-order chi connectivity index (χ0) is 19.4. The summed E-state index contributed by atoms with van der Waals surface area (Å²) < 4.78 is 2.05. The maximum absolute atomic E-state index is 12.7. The van der Waals surface area contributed by atoms with Gasteiger partial charge in [0.25, 0.3) is 5.91 Å². The molecule has 140 valence electrons. The van der Waals surface area contributed by atoms with E-state index < -0.39 is 0 Å². The van der Waals surface area contributed by atoms with Gasteiger partial charge in [-0.2, -0.15) is 0 Å². The Morgan fingerprint density at radius 2 is 1.85 bits per heavy atom. The Kier molecular flexibility index (Phi) is 5.72. The molecule has 0 aliphatic carbocycles. The number of hydrogen-bond donors (Lipinski definition) is 2. The molecule has 5 heteroatoms. The van der Waals surface area contributed by atoms with Crippen molar-refractivity contribution in [1.29, 1.82) is 0 Å². The van der Waals surface area contributed by atoms with Gasteiger partial charge in [-0.3, -0.25) is 4.79 Å². The van der Waals surface area contributed by atoms with Crippen LogP contribution in [-0.4, -0.2) is 33.2 Å². The van der Waals surface area contributed by atoms with Crippen LogP contribution in [0.4, 0.5) is 0 Å². The van der Waals surface area contributed by atoms with Crippen molar-refractivity contribution in [3.63, 3.8) is 0 Å². The molecule has 0 saturated heterocycles. The van der Waals surface area contributed by atoms with Gasteiger partial charge < -0.3 is 15.0 Å². The molecule has 3 rings (SSSR count). The highest BCUT2D eigenvalue weighted by atomic mass is 16.3. The second-order valence-electron chi connectivity index (χ2n) is 6.76. The standard InChI is InChI=1S/C22H25N3O2/c1-4-25-10-9-23-21(25)19-11-18(17-7-5-15(2)6-8-17)12-20(13-19)22(27)24-16(3)14-26/h5-13,16,26H,4,14H2,1-3H3,(H,24,27)/t16-/m0/s1. The number of rotatable bonds is 6. The first kappa shape index (κ1) is 18.9. The summed E-state index contributed by atoms with van der Waals surface area (Å²) in [5.74, 6) is 0.622. The highest BCUT2D eigenvalue weighted by molar-refractivity contribution is 5.97. The summed E-state index contributed by atoms with van der Waals surface area (Å²) in [6, 6.07) is 13.7. The third-order valence-electron chi connectivity index (χ3n) is 4.55. The molecule has 0 aliphatic rings. The zero-order valence-electron chi connectivity index (χ0n) is 15.9. The summed E-state index contributed by atoms with van der Waals surface area (Å²) in [4.78, 5) is 17.2. The van der Waals surface area contributed by atoms with Crippen LogP contribution in [0.2, 0.25) is 0 Å². The number of nitrogens with zero attached hydrogens (tertiary/aromatic N) is 2. The molecule has 2 aromatic carbocycles. The lowest BCUT2D eigenvalue weighted by Gasteiger charge is -2.14. The molecule has 0 bridgehead atoms. The third kappa shape index (κ3) is 4.26. The average Bonchev–Trinajstić information content (AvgIpc) is 3.17. The molecule has 1 heterocycles. The monoisotopic (exact) mass is 363 g/mol. The number of aromatic nitrogens is 2. The summed E-state index contributed by atoms with van der Waals surface area (Å²) in [5.41, 5.74) is 4.63. The second-order valence-corrected chi connectivity index (χ2v) is 6.76. The smallest absolute Gasteiger partial charge is 0.251 e. The number of carbonyl (C=O) groups excluding carboxylic acids is 1. The van der Waals surface area contributed by atoms with E-state index in [9.17, 15) is 9.90 Å². The van der Waals surface area contributed by atoms with E-state index in [4.69, 9.17) is 0 Å². The number of benzene rings is 2. The van der Waals surface area contributed by atoms with Crippen molar-refractivity contribution in [3.8, 4) is 22.5 Å². The molecule has 1 amide bonds. The van der Waals surface area contributed by atoms with Crippen molar-refractivity contribution >= 4 is 5.91 Å². The van der Waals surface area contributed by atoms with Gasteiger partial charge in [0.15, 0.2) is 0 Å². The summed E-state index contributed by atoms with van der Waals surface area (Å²) in [5, 5.41) is 12.1. The minimum Gasteiger partial charge on any atom is -0.394 e. The summed E-state index contributed by atoms with van der Waals surface area (Å²) in [7, 11) is 0. The van der Waals surface area contributed by atoms with Gasteiger partial charge in [-0.25, -0.2) is 4.98 Å². The molecule has 2 N–H and O–H groups in total. The van der Waals surface area contributed by atoms with Gasteiger partial charge in [-0.1, -0.05) is 29.8 Å². The number of aryl methyl sites for hydroxylation is 2. The van der Waals surface area contributed by atoms with Crippen molar-refractivity contribution in [2.75, 3.05) is 6.61 Å². The maximum atomic E-state index is 12.7. The van der Waals surface area contributed by atoms with Gasteiger partial charge in [-0.15, -0.1) is 0 Å². The van der Waals surface area contributed by atoms with Gasteiger partial charge in [0.1, 0.15) is 5.82 Å². The van der Waals surface area contributed by atoms with Crippen LogP contribution in [-0.2, 0) is 6.54 Å². The van der Waals surface area contributed by atoms with Gasteiger partial charge in [0, 0.05) is 36.1 Å². The lowest BCUT2D eigenvalue weighted by molar-refractivity contribution is 0.0922. The molecule has 1 atom stereocenters. The minimum absolute atomic E-state index is 0.101. The summed E-state index contributed by atoms with van der Waals surface area (Å²) >= 11 is 0. The Labute approximate surface area is 159 Å². The van der Waals surface area contributed by atoms with Crippen LogP contribution in [0.5, 0.6) is 0 Å². The summed E-state index contributed by atoms with van der Waals surface area (Å²) in [6.07, 6.45) is 3.70. The van der Waals surface area contributed by atoms with E-state index in [2.05, 4.69) is 47.6 Å². The van der Waals surface area contributed by atoms with Crippen LogP contribution >= 0.6 is 0 Å². The molecule has 0 unspecified atom stereocenters. The maximum Gasteiger partial charge on any atom is 0.251 e. The highest BCUT2D eigenvalue weighted by Gasteiger charge is 2.15. The van der Waals surface area contributed by atoms with Gasteiger partial charge in [0.05, 0.1) is 6.61 Å². The number of amides is 1. The van der Waals surface area contributed by atoms with E-state index in [1.54, 1.807) is 13.1 Å². The van der Waals surface area contributed by atoms with E-state index in [-0.39, 0.29) is 18.6 Å². The number of imidazole rings is 1. The fourth-order valence-corrected chi connectivity index (χ4v) is 2.98. The van der Waals surface area contributed by atoms with Crippen LogP contribution in [0.3, 0.4) is 0 Å². The highest BCUT2D eigenvalue weighted by Crippen LogP contribution is 2.28. The number of hydrogen-bond acceptors (Lipinski definition) is 3. The predicted molar refractivity (Wildman–Crippen MR) is 108 cm³/mol. The van der Waals surface area contributed by atoms with E-state index in [0.29, 0.717) is 5.56 Å². The van der Waals surface area contributed by atoms with Crippen LogP contribution in [0.25, 0.3) is 22.5 Å². The number of nitrogens with one attached hydrogen (secondary N) is 1. The average molecular weight is 363 g/mol. The molecule has 27 heavy (non-hydrogen) atoms. The first-order valence-electron chi connectivity index (χ1n) is 9.17. The van der Waals surface area contributed by atoms with Crippen molar-refractivity contribution in [2.45, 2.75) is 33.4 Å². The minimum atomic E-state index is -0.304. The van der Waals surface area contributed by atoms with Crippen molar-refractivity contribution in [3.05, 3.63) is 66.0 Å². The van der Waals surface area contributed by atoms with E-state index in [1.165, 1.54) is 5.56 Å². The zero-order valence-corrected chi connectivity index (χ0v) is 15.9. The molecule has 0 fully saturated rings. The van der Waals surface area contributed by atoms with Crippen LogP contribution in [0, 0.1) is 6.92 Å². The SMILES string of the molecule is CCn1ccnc1-c1cc(C(=O)N[C@@H](C)CO)cc(-c2ccc(C)cc2)c1. The van der Waals surface area contributed by atoms with Crippen LogP contribution in [0.15, 0.2) is 54.9 Å². The molecule has 3 aromatic rings. The lowest BCUT2D eigenvalue weighted by atomic mass is 9.98. The summed E-state index contributed by atoms with van der Waals surface area (Å²) in [6.45, 7) is 6.58. The van der Waals surface area contributed by atoms with Crippen LogP contribution in [0.1, 0.15) is 29.8 Å². The molecule has 1 aromatic heterocycles. The molecule has 0 spiro atoms. The fraction of sp³-hybridized carbons (Fsp3) is 0.273. The number of aliphatic hydroxyl groups is 1. The quantitative estimate of drug-likeness (QED) is 0.702. The Bertz CT molecular complexity index is 929. The van der Waals surface area contributed by atoms with Crippen molar-refractivity contribution in [2.24, 2.45) is 0 Å². The van der Waals surface area contributed by atoms with Crippen molar-refractivity contribution in [1.82, 2.24) is 14.9 Å². The lowest BCUT2D eigenvalue weighted by Crippen LogP contribution is -2.35. The van der Waals surface area contributed by atoms with Crippen LogP contribution < -0.4 is 5.32 Å². The predicted octanol–water partition coefficient (Wildman–Crippen LogP) is 3.66. The molecule has 0 saturated carbocycles. The Morgan fingerprint density at radius 3 is 2.52 bits per heavy atom. The number of carbonyl (C=O) groups is 1. The van der Waals surface area contributed by atoms with E-state index in [0.717, 1.165) is 29.1 Å². The molecule has 5 nitrogen and oxygen atoms in total. The topological polar surface area (TPSA) is 67.2 Å². The first-order valence-corrected chi connectivity index (χ1v) is 9.17. The Hall–Kier alpha value is -2.92.